The lowest BCUT2D eigenvalue weighted by Crippen LogP contribution is -2.46. The zero-order valence-corrected chi connectivity index (χ0v) is 15.3. The van der Waals surface area contributed by atoms with Crippen LogP contribution in [-0.4, -0.2) is 42.5 Å². The summed E-state index contributed by atoms with van der Waals surface area (Å²) < 4.78 is 24.6. The molecule has 0 saturated carbocycles. The van der Waals surface area contributed by atoms with E-state index in [2.05, 4.69) is 0 Å². The molecule has 6 nitrogen and oxygen atoms in total. The Morgan fingerprint density at radius 1 is 1.36 bits per heavy atom. The van der Waals surface area contributed by atoms with Gasteiger partial charge in [-0.3, -0.25) is 4.79 Å². The van der Waals surface area contributed by atoms with E-state index in [0.29, 0.717) is 37.4 Å². The van der Waals surface area contributed by atoms with Crippen molar-refractivity contribution < 1.29 is 23.8 Å². The number of piperidine rings is 1. The van der Waals surface area contributed by atoms with E-state index in [0.717, 1.165) is 0 Å². The number of aliphatic hydroxyl groups is 1. The number of rotatable bonds is 4. The minimum Gasteiger partial charge on any atom is -0.495 e. The van der Waals surface area contributed by atoms with Crippen molar-refractivity contribution in [2.75, 3.05) is 30.8 Å². The fourth-order valence-electron chi connectivity index (χ4n) is 2.96. The van der Waals surface area contributed by atoms with E-state index >= 15 is 0 Å². The minimum absolute atomic E-state index is 0.0638. The molecule has 0 amide bonds. The lowest BCUT2D eigenvalue weighted by atomic mass is 9.88. The Balaban J connectivity index is 2.03. The molecule has 1 aromatic carbocycles. The monoisotopic (exact) mass is 354 g/mol. The first-order chi connectivity index (χ1) is 11.5. The lowest BCUT2D eigenvalue weighted by Gasteiger charge is -2.39. The first-order valence-corrected chi connectivity index (χ1v) is 8.35. The number of nitrogens with two attached hydrogens (primary N) is 1. The number of nitrogen functional groups attached to an aromatic ring is 1. The van der Waals surface area contributed by atoms with Gasteiger partial charge in [-0.1, -0.05) is 0 Å². The third-order valence-corrected chi connectivity index (χ3v) is 4.23. The Hall–Kier alpha value is -2.02. The van der Waals surface area contributed by atoms with Crippen LogP contribution in [0.3, 0.4) is 0 Å². The molecule has 1 aromatic rings. The van der Waals surface area contributed by atoms with Crippen LogP contribution in [-0.2, 0) is 9.53 Å². The predicted molar refractivity (Wildman–Crippen MR) is 94.2 cm³/mol. The van der Waals surface area contributed by atoms with Crippen LogP contribution in [0, 0.1) is 5.82 Å². The number of halogens is 1. The molecule has 1 aliphatic heterocycles. The summed E-state index contributed by atoms with van der Waals surface area (Å²) in [5.74, 6) is -0.453. The molecule has 2 rings (SSSR count). The molecule has 1 fully saturated rings. The smallest absolute Gasteiger partial charge is 0.309 e. The van der Waals surface area contributed by atoms with E-state index in [1.807, 2.05) is 4.90 Å². The van der Waals surface area contributed by atoms with E-state index in [9.17, 15) is 14.3 Å². The van der Waals surface area contributed by atoms with E-state index in [-0.39, 0.29) is 12.1 Å². The summed E-state index contributed by atoms with van der Waals surface area (Å²) in [6, 6.07) is 2.79. The number of benzene rings is 1. The maximum absolute atomic E-state index is 14.2. The Morgan fingerprint density at radius 2 is 1.96 bits per heavy atom. The molecule has 0 aromatic heterocycles. The molecule has 1 heterocycles. The van der Waals surface area contributed by atoms with Crippen molar-refractivity contribution in [2.45, 2.75) is 51.2 Å². The summed E-state index contributed by atoms with van der Waals surface area (Å²) in [5.41, 5.74) is 4.60. The van der Waals surface area contributed by atoms with Gasteiger partial charge in [0.1, 0.15) is 17.2 Å². The summed E-state index contributed by atoms with van der Waals surface area (Å²) in [5, 5.41) is 10.7. The second-order valence-electron chi connectivity index (χ2n) is 7.52. The highest BCUT2D eigenvalue weighted by Crippen LogP contribution is 2.35. The van der Waals surface area contributed by atoms with Crippen LogP contribution in [0.1, 0.15) is 40.0 Å². The molecule has 3 N–H and O–H groups in total. The van der Waals surface area contributed by atoms with Crippen molar-refractivity contribution >= 4 is 17.3 Å². The molecule has 0 unspecified atom stereocenters. The highest BCUT2D eigenvalue weighted by atomic mass is 19.1. The molecule has 0 atom stereocenters. The number of methoxy groups -OCH3 is 1. The molecule has 140 valence electrons. The molecule has 0 spiro atoms. The van der Waals surface area contributed by atoms with Crippen molar-refractivity contribution in [3.8, 4) is 5.75 Å². The summed E-state index contributed by atoms with van der Waals surface area (Å²) in [4.78, 5) is 13.8. The second kappa shape index (κ2) is 7.07. The number of nitrogens with zero attached hydrogens (tertiary/aromatic N) is 1. The highest BCUT2D eigenvalue weighted by molar-refractivity contribution is 5.71. The van der Waals surface area contributed by atoms with Crippen molar-refractivity contribution in [1.29, 1.82) is 0 Å². The van der Waals surface area contributed by atoms with Crippen LogP contribution in [0.5, 0.6) is 5.75 Å². The first kappa shape index (κ1) is 19.3. The van der Waals surface area contributed by atoms with Gasteiger partial charge in [0.05, 0.1) is 30.5 Å². The molecular formula is C18H27FN2O4. The maximum Gasteiger partial charge on any atom is 0.309 e. The van der Waals surface area contributed by atoms with Crippen molar-refractivity contribution in [3.63, 3.8) is 0 Å². The zero-order valence-electron chi connectivity index (χ0n) is 15.3. The fourth-order valence-corrected chi connectivity index (χ4v) is 2.96. The van der Waals surface area contributed by atoms with E-state index in [1.165, 1.54) is 13.2 Å². The van der Waals surface area contributed by atoms with Crippen LogP contribution >= 0.6 is 0 Å². The van der Waals surface area contributed by atoms with Crippen LogP contribution < -0.4 is 15.4 Å². The van der Waals surface area contributed by atoms with E-state index in [4.69, 9.17) is 15.2 Å². The Labute approximate surface area is 147 Å². The molecule has 0 radical (unpaired) electrons. The van der Waals surface area contributed by atoms with Gasteiger partial charge in [-0.25, -0.2) is 4.39 Å². The SMILES string of the molecule is COc1cc(N2CCC(O)(CC(=O)OC(C)(C)C)CC2)c(F)cc1N. The van der Waals surface area contributed by atoms with Gasteiger partial charge < -0.3 is 25.2 Å². The van der Waals surface area contributed by atoms with Crippen molar-refractivity contribution in [3.05, 3.63) is 17.9 Å². The van der Waals surface area contributed by atoms with Crippen LogP contribution in [0.15, 0.2) is 12.1 Å². The standard InChI is InChI=1S/C18H27FN2O4/c1-17(2,3)25-16(22)11-18(23)5-7-21(8-6-18)14-10-15(24-4)13(20)9-12(14)19/h9-10,23H,5-8,11,20H2,1-4H3. The average Bonchev–Trinajstić information content (AvgIpc) is 2.46. The Bertz CT molecular complexity index is 635. The number of ether oxygens (including phenoxy) is 2. The summed E-state index contributed by atoms with van der Waals surface area (Å²) in [6.07, 6.45) is 0.627. The Kier molecular flexibility index (Phi) is 5.46. The Morgan fingerprint density at radius 3 is 2.48 bits per heavy atom. The topological polar surface area (TPSA) is 85.0 Å². The summed E-state index contributed by atoms with van der Waals surface area (Å²) in [7, 11) is 1.48. The molecule has 25 heavy (non-hydrogen) atoms. The highest BCUT2D eigenvalue weighted by Gasteiger charge is 2.36. The number of anilines is 2. The largest absolute Gasteiger partial charge is 0.495 e. The number of hydrogen-bond donors (Lipinski definition) is 2. The third-order valence-electron chi connectivity index (χ3n) is 4.23. The van der Waals surface area contributed by atoms with E-state index in [1.54, 1.807) is 26.8 Å². The first-order valence-electron chi connectivity index (χ1n) is 8.35. The minimum atomic E-state index is -1.13. The maximum atomic E-state index is 14.2. The normalized spacial score (nSPS) is 17.3. The molecular weight excluding hydrogens is 327 g/mol. The predicted octanol–water partition coefficient (Wildman–Crippen LogP) is 2.48. The number of esters is 1. The number of hydrogen-bond acceptors (Lipinski definition) is 6. The van der Waals surface area contributed by atoms with Crippen LogP contribution in [0.2, 0.25) is 0 Å². The number of carbonyl (C=O) groups is 1. The summed E-state index contributed by atoms with van der Waals surface area (Å²) in [6.45, 7) is 6.20. The zero-order chi connectivity index (χ0) is 18.8. The molecule has 1 aliphatic rings. The average molecular weight is 354 g/mol. The van der Waals surface area contributed by atoms with Crippen molar-refractivity contribution in [1.82, 2.24) is 0 Å². The van der Waals surface area contributed by atoms with Gasteiger partial charge in [0.25, 0.3) is 0 Å². The van der Waals surface area contributed by atoms with Crippen LogP contribution in [0.4, 0.5) is 15.8 Å². The van der Waals surface area contributed by atoms with Gasteiger partial charge in [0.2, 0.25) is 0 Å². The van der Waals surface area contributed by atoms with Crippen molar-refractivity contribution in [2.24, 2.45) is 0 Å². The number of carbonyl (C=O) groups excluding carboxylic acids is 1. The third kappa shape index (κ3) is 4.98. The summed E-state index contributed by atoms with van der Waals surface area (Å²) >= 11 is 0. The lowest BCUT2D eigenvalue weighted by molar-refractivity contribution is -0.161. The van der Waals surface area contributed by atoms with Gasteiger partial charge in [0, 0.05) is 25.2 Å². The van der Waals surface area contributed by atoms with Crippen LogP contribution in [0.25, 0.3) is 0 Å². The fraction of sp³-hybridized carbons (Fsp3) is 0.611. The molecule has 0 aliphatic carbocycles. The molecule has 7 heteroatoms. The van der Waals surface area contributed by atoms with E-state index < -0.39 is 23.0 Å². The molecule has 1 saturated heterocycles. The second-order valence-corrected chi connectivity index (χ2v) is 7.52. The van der Waals surface area contributed by atoms with Gasteiger partial charge in [-0.2, -0.15) is 0 Å². The van der Waals surface area contributed by atoms with Gasteiger partial charge in [-0.15, -0.1) is 0 Å². The van der Waals surface area contributed by atoms with Gasteiger partial charge in [0.15, 0.2) is 0 Å². The van der Waals surface area contributed by atoms with Gasteiger partial charge in [-0.05, 0) is 33.6 Å². The quantitative estimate of drug-likeness (QED) is 0.638. The molecule has 0 bridgehead atoms. The van der Waals surface area contributed by atoms with Gasteiger partial charge >= 0.3 is 5.97 Å².